The van der Waals surface area contributed by atoms with Gasteiger partial charge >= 0.3 is 0 Å². The molecule has 1 aromatic carbocycles. The molecule has 2 aliphatic heterocycles. The zero-order chi connectivity index (χ0) is 18.9. The largest absolute Gasteiger partial charge is 0.381 e. The number of hydrogen-bond acceptors (Lipinski definition) is 4. The SMILES string of the molecule is COC1CCN(C2CCN(S(=O)(=O)c3c(C)cc(C)cc3C)CC2)CC1. The summed E-state index contributed by atoms with van der Waals surface area (Å²) < 4.78 is 33.5. The van der Waals surface area contributed by atoms with Crippen LogP contribution in [0.1, 0.15) is 42.4 Å². The Hall–Kier alpha value is -0.950. The van der Waals surface area contributed by atoms with Crippen LogP contribution in [-0.4, -0.2) is 63.1 Å². The maximum absolute atomic E-state index is 13.2. The fourth-order valence-electron chi connectivity index (χ4n) is 4.63. The molecule has 5 nitrogen and oxygen atoms in total. The van der Waals surface area contributed by atoms with Gasteiger partial charge in [-0.2, -0.15) is 4.31 Å². The van der Waals surface area contributed by atoms with Crippen LogP contribution in [0.3, 0.4) is 0 Å². The van der Waals surface area contributed by atoms with E-state index in [0.29, 0.717) is 30.1 Å². The zero-order valence-electron chi connectivity index (χ0n) is 16.5. The first kappa shape index (κ1) is 19.8. The maximum atomic E-state index is 13.2. The van der Waals surface area contributed by atoms with E-state index in [9.17, 15) is 8.42 Å². The molecule has 0 N–H and O–H groups in total. The van der Waals surface area contributed by atoms with E-state index in [4.69, 9.17) is 4.74 Å². The van der Waals surface area contributed by atoms with Crippen LogP contribution < -0.4 is 0 Å². The van der Waals surface area contributed by atoms with E-state index < -0.39 is 10.0 Å². The third-order valence-electron chi connectivity index (χ3n) is 5.95. The number of methoxy groups -OCH3 is 1. The lowest BCUT2D eigenvalue weighted by atomic mass is 10.00. The highest BCUT2D eigenvalue weighted by molar-refractivity contribution is 7.89. The van der Waals surface area contributed by atoms with E-state index in [1.165, 1.54) is 0 Å². The van der Waals surface area contributed by atoms with Crippen molar-refractivity contribution in [1.82, 2.24) is 9.21 Å². The molecule has 0 saturated carbocycles. The second-order valence-corrected chi connectivity index (χ2v) is 9.71. The van der Waals surface area contributed by atoms with Crippen molar-refractivity contribution < 1.29 is 13.2 Å². The van der Waals surface area contributed by atoms with Crippen molar-refractivity contribution >= 4 is 10.0 Å². The van der Waals surface area contributed by atoms with E-state index in [2.05, 4.69) is 4.90 Å². The topological polar surface area (TPSA) is 49.9 Å². The third kappa shape index (κ3) is 3.98. The van der Waals surface area contributed by atoms with Gasteiger partial charge in [0, 0.05) is 39.3 Å². The minimum absolute atomic E-state index is 0.388. The van der Waals surface area contributed by atoms with Crippen molar-refractivity contribution in [3.63, 3.8) is 0 Å². The number of likely N-dealkylation sites (tertiary alicyclic amines) is 1. The minimum atomic E-state index is -3.41. The lowest BCUT2D eigenvalue weighted by molar-refractivity contribution is 0.0190. The number of sulfonamides is 1. The highest BCUT2D eigenvalue weighted by Crippen LogP contribution is 2.29. The van der Waals surface area contributed by atoms with Gasteiger partial charge in [-0.1, -0.05) is 17.7 Å². The third-order valence-corrected chi connectivity index (χ3v) is 8.16. The van der Waals surface area contributed by atoms with Crippen LogP contribution in [0.15, 0.2) is 17.0 Å². The quantitative estimate of drug-likeness (QED) is 0.806. The molecule has 0 amide bonds. The fraction of sp³-hybridized carbons (Fsp3) is 0.700. The molecule has 0 bridgehead atoms. The first-order chi connectivity index (χ1) is 12.3. The van der Waals surface area contributed by atoms with Crippen LogP contribution >= 0.6 is 0 Å². The number of benzene rings is 1. The lowest BCUT2D eigenvalue weighted by Gasteiger charge is -2.41. The lowest BCUT2D eigenvalue weighted by Crippen LogP contribution is -2.49. The molecular formula is C20H32N2O3S. The number of ether oxygens (including phenoxy) is 1. The molecule has 6 heteroatoms. The van der Waals surface area contributed by atoms with E-state index in [1.54, 1.807) is 11.4 Å². The van der Waals surface area contributed by atoms with Gasteiger partial charge in [0.2, 0.25) is 10.0 Å². The predicted molar refractivity (Wildman–Crippen MR) is 104 cm³/mol. The monoisotopic (exact) mass is 380 g/mol. The van der Waals surface area contributed by atoms with Crippen LogP contribution in [0.2, 0.25) is 0 Å². The summed E-state index contributed by atoms with van der Waals surface area (Å²) >= 11 is 0. The maximum Gasteiger partial charge on any atom is 0.243 e. The molecule has 0 unspecified atom stereocenters. The highest BCUT2D eigenvalue weighted by atomic mass is 32.2. The standard InChI is InChI=1S/C20H32N2O3S/c1-15-13-16(2)20(17(3)14-15)26(23,24)22-11-5-18(6-12-22)21-9-7-19(25-4)8-10-21/h13-14,18-19H,5-12H2,1-4H3. The molecule has 26 heavy (non-hydrogen) atoms. The molecular weight excluding hydrogens is 348 g/mol. The van der Waals surface area contributed by atoms with Gasteiger partial charge in [-0.15, -0.1) is 0 Å². The van der Waals surface area contributed by atoms with Crippen LogP contribution in [0.4, 0.5) is 0 Å². The first-order valence-corrected chi connectivity index (χ1v) is 11.1. The smallest absolute Gasteiger partial charge is 0.243 e. The highest BCUT2D eigenvalue weighted by Gasteiger charge is 2.34. The molecule has 0 radical (unpaired) electrons. The Bertz CT molecular complexity index is 708. The zero-order valence-corrected chi connectivity index (χ0v) is 17.3. The number of aryl methyl sites for hydroxylation is 3. The Balaban J connectivity index is 1.66. The minimum Gasteiger partial charge on any atom is -0.381 e. The predicted octanol–water partition coefficient (Wildman–Crippen LogP) is 2.88. The normalized spacial score (nSPS) is 22.0. The molecule has 0 spiro atoms. The van der Waals surface area contributed by atoms with Gasteiger partial charge in [0.25, 0.3) is 0 Å². The molecule has 2 heterocycles. The van der Waals surface area contributed by atoms with Crippen LogP contribution in [0, 0.1) is 20.8 Å². The van der Waals surface area contributed by atoms with E-state index in [0.717, 1.165) is 55.5 Å². The Morgan fingerprint density at radius 2 is 1.46 bits per heavy atom. The van der Waals surface area contributed by atoms with Crippen molar-refractivity contribution in [2.75, 3.05) is 33.3 Å². The van der Waals surface area contributed by atoms with E-state index >= 15 is 0 Å². The molecule has 3 rings (SSSR count). The van der Waals surface area contributed by atoms with Gasteiger partial charge in [0.05, 0.1) is 11.0 Å². The van der Waals surface area contributed by atoms with Crippen molar-refractivity contribution in [3.05, 3.63) is 28.8 Å². The van der Waals surface area contributed by atoms with Gasteiger partial charge in [0.15, 0.2) is 0 Å². The van der Waals surface area contributed by atoms with Crippen molar-refractivity contribution in [3.8, 4) is 0 Å². The van der Waals surface area contributed by atoms with Crippen LogP contribution in [0.5, 0.6) is 0 Å². The molecule has 2 fully saturated rings. The van der Waals surface area contributed by atoms with E-state index in [1.807, 2.05) is 32.9 Å². The average Bonchev–Trinajstić information content (AvgIpc) is 2.61. The summed E-state index contributed by atoms with van der Waals surface area (Å²) in [6.45, 7) is 9.17. The molecule has 0 aliphatic carbocycles. The second-order valence-electron chi connectivity index (χ2n) is 7.83. The summed E-state index contributed by atoms with van der Waals surface area (Å²) in [6.07, 6.45) is 4.38. The Morgan fingerprint density at radius 1 is 0.923 bits per heavy atom. The van der Waals surface area contributed by atoms with E-state index in [-0.39, 0.29) is 0 Å². The molecule has 2 aliphatic rings. The summed E-state index contributed by atoms with van der Waals surface area (Å²) in [4.78, 5) is 3.03. The van der Waals surface area contributed by atoms with Crippen molar-refractivity contribution in [1.29, 1.82) is 0 Å². The summed E-state index contributed by atoms with van der Waals surface area (Å²) in [7, 11) is -1.62. The summed E-state index contributed by atoms with van der Waals surface area (Å²) in [5.74, 6) is 0. The number of nitrogens with zero attached hydrogens (tertiary/aromatic N) is 2. The molecule has 0 atom stereocenters. The van der Waals surface area contributed by atoms with Gasteiger partial charge in [-0.05, 0) is 57.6 Å². The van der Waals surface area contributed by atoms with Gasteiger partial charge in [-0.25, -0.2) is 8.42 Å². The Morgan fingerprint density at radius 3 is 1.96 bits per heavy atom. The molecule has 0 aromatic heterocycles. The van der Waals surface area contributed by atoms with Crippen molar-refractivity contribution in [2.45, 2.75) is 63.5 Å². The molecule has 1 aromatic rings. The summed E-state index contributed by atoms with van der Waals surface area (Å²) in [5, 5.41) is 0. The van der Waals surface area contributed by atoms with Gasteiger partial charge in [0.1, 0.15) is 0 Å². The molecule has 2 saturated heterocycles. The van der Waals surface area contributed by atoms with Crippen LogP contribution in [-0.2, 0) is 14.8 Å². The van der Waals surface area contributed by atoms with Crippen molar-refractivity contribution in [2.24, 2.45) is 0 Å². The van der Waals surface area contributed by atoms with Crippen LogP contribution in [0.25, 0.3) is 0 Å². The number of rotatable bonds is 4. The van der Waals surface area contributed by atoms with Gasteiger partial charge < -0.3 is 9.64 Å². The summed E-state index contributed by atoms with van der Waals surface area (Å²) in [6, 6.07) is 4.43. The summed E-state index contributed by atoms with van der Waals surface area (Å²) in [5.41, 5.74) is 2.81. The number of hydrogen-bond donors (Lipinski definition) is 0. The average molecular weight is 381 g/mol. The Labute approximate surface area is 158 Å². The Kier molecular flexibility index (Phi) is 6.07. The molecule has 146 valence electrons. The first-order valence-electron chi connectivity index (χ1n) is 9.67. The second kappa shape index (κ2) is 7.97. The van der Waals surface area contributed by atoms with Gasteiger partial charge in [-0.3, -0.25) is 0 Å². The fourth-order valence-corrected chi connectivity index (χ4v) is 6.51. The number of piperidine rings is 2.